The molecular weight excluding hydrogens is 260 g/mol. The highest BCUT2D eigenvalue weighted by molar-refractivity contribution is 5.97. The summed E-state index contributed by atoms with van der Waals surface area (Å²) in [5, 5.41) is 9.63. The van der Waals surface area contributed by atoms with Crippen molar-refractivity contribution in [3.05, 3.63) is 29.3 Å². The molecule has 0 spiro atoms. The Morgan fingerprint density at radius 2 is 1.52 bits per heavy atom. The van der Waals surface area contributed by atoms with Crippen molar-refractivity contribution in [3.63, 3.8) is 0 Å². The van der Waals surface area contributed by atoms with E-state index in [0.717, 1.165) is 12.8 Å². The van der Waals surface area contributed by atoms with Crippen LogP contribution in [-0.4, -0.2) is 10.9 Å². The second kappa shape index (κ2) is 10.4. The number of ketones is 1. The number of aromatic hydroxyl groups is 1. The molecule has 1 rings (SSSR count). The number of unbranched alkanes of at least 4 members (excludes halogenated alkanes) is 8. The Morgan fingerprint density at radius 3 is 2.14 bits per heavy atom. The van der Waals surface area contributed by atoms with Crippen LogP contribution in [0, 0.1) is 6.92 Å². The van der Waals surface area contributed by atoms with Crippen molar-refractivity contribution >= 4 is 5.78 Å². The minimum Gasteiger partial charge on any atom is -0.508 e. The van der Waals surface area contributed by atoms with Crippen LogP contribution in [0.4, 0.5) is 0 Å². The van der Waals surface area contributed by atoms with E-state index in [1.54, 1.807) is 19.1 Å². The first-order valence-corrected chi connectivity index (χ1v) is 8.48. The zero-order valence-corrected chi connectivity index (χ0v) is 13.7. The lowest BCUT2D eigenvalue weighted by Gasteiger charge is -2.06. The zero-order valence-electron chi connectivity index (χ0n) is 13.7. The Morgan fingerprint density at radius 1 is 0.952 bits per heavy atom. The van der Waals surface area contributed by atoms with Gasteiger partial charge in [-0.15, -0.1) is 0 Å². The van der Waals surface area contributed by atoms with Gasteiger partial charge in [-0.25, -0.2) is 0 Å². The molecule has 1 aromatic rings. The topological polar surface area (TPSA) is 37.3 Å². The van der Waals surface area contributed by atoms with E-state index in [0.29, 0.717) is 17.5 Å². The highest BCUT2D eigenvalue weighted by Gasteiger charge is 2.10. The van der Waals surface area contributed by atoms with Gasteiger partial charge in [-0.2, -0.15) is 0 Å². The van der Waals surface area contributed by atoms with Gasteiger partial charge in [0.05, 0.1) is 0 Å². The molecular formula is C19H30O2. The van der Waals surface area contributed by atoms with Crippen molar-refractivity contribution in [1.29, 1.82) is 0 Å². The molecule has 0 aliphatic rings. The monoisotopic (exact) mass is 290 g/mol. The molecule has 0 saturated carbocycles. The van der Waals surface area contributed by atoms with Gasteiger partial charge >= 0.3 is 0 Å². The van der Waals surface area contributed by atoms with Crippen LogP contribution >= 0.6 is 0 Å². The van der Waals surface area contributed by atoms with Gasteiger partial charge in [0.1, 0.15) is 5.75 Å². The molecule has 0 aromatic heterocycles. The third-order valence-corrected chi connectivity index (χ3v) is 4.11. The Bertz CT molecular complexity index is 424. The minimum atomic E-state index is 0.159. The van der Waals surface area contributed by atoms with Crippen LogP contribution in [0.2, 0.25) is 0 Å². The first-order valence-electron chi connectivity index (χ1n) is 8.48. The molecule has 0 saturated heterocycles. The largest absolute Gasteiger partial charge is 0.508 e. The molecule has 0 aliphatic carbocycles. The Hall–Kier alpha value is -1.31. The van der Waals surface area contributed by atoms with E-state index in [-0.39, 0.29) is 11.5 Å². The van der Waals surface area contributed by atoms with E-state index in [1.165, 1.54) is 44.9 Å². The molecule has 0 atom stereocenters. The first-order chi connectivity index (χ1) is 10.2. The van der Waals surface area contributed by atoms with Crippen LogP contribution in [0.1, 0.15) is 87.1 Å². The van der Waals surface area contributed by atoms with E-state index >= 15 is 0 Å². The maximum atomic E-state index is 12.1. The summed E-state index contributed by atoms with van der Waals surface area (Å²) in [4.78, 5) is 12.1. The van der Waals surface area contributed by atoms with E-state index in [2.05, 4.69) is 6.92 Å². The summed E-state index contributed by atoms with van der Waals surface area (Å²) in [5.74, 6) is 0.374. The van der Waals surface area contributed by atoms with Gasteiger partial charge < -0.3 is 5.11 Å². The van der Waals surface area contributed by atoms with E-state index in [1.807, 2.05) is 6.07 Å². The second-order valence-corrected chi connectivity index (χ2v) is 5.95. The molecule has 0 unspecified atom stereocenters. The lowest BCUT2D eigenvalue weighted by atomic mass is 9.99. The quantitative estimate of drug-likeness (QED) is 0.413. The van der Waals surface area contributed by atoms with E-state index < -0.39 is 0 Å². The lowest BCUT2D eigenvalue weighted by Crippen LogP contribution is -2.01. The summed E-state index contributed by atoms with van der Waals surface area (Å²) in [6.07, 6.45) is 11.9. The number of phenolic OH excluding ortho intramolecular Hbond substituents is 1. The van der Waals surface area contributed by atoms with Crippen LogP contribution in [0.5, 0.6) is 5.75 Å². The molecule has 0 aliphatic heterocycles. The highest BCUT2D eigenvalue weighted by Crippen LogP contribution is 2.21. The normalized spacial score (nSPS) is 10.8. The fourth-order valence-corrected chi connectivity index (χ4v) is 2.66. The maximum Gasteiger partial charge on any atom is 0.163 e. The fourth-order valence-electron chi connectivity index (χ4n) is 2.66. The number of hydrogen-bond donors (Lipinski definition) is 1. The number of hydrogen-bond acceptors (Lipinski definition) is 2. The third kappa shape index (κ3) is 6.79. The van der Waals surface area contributed by atoms with Gasteiger partial charge in [0, 0.05) is 17.5 Å². The summed E-state index contributed by atoms with van der Waals surface area (Å²) in [6, 6.07) is 5.18. The lowest BCUT2D eigenvalue weighted by molar-refractivity contribution is 0.0978. The average molecular weight is 290 g/mol. The Balaban J connectivity index is 2.13. The van der Waals surface area contributed by atoms with Gasteiger partial charge in [-0.1, -0.05) is 70.4 Å². The first kappa shape index (κ1) is 17.7. The standard InChI is InChI=1S/C19H30O2/c1-3-4-5-6-7-8-9-10-11-14-19(21)17-13-12-15-18(20)16(17)2/h12-13,15,20H,3-11,14H2,1-2H3. The van der Waals surface area contributed by atoms with Crippen molar-refractivity contribution in [2.75, 3.05) is 0 Å². The van der Waals surface area contributed by atoms with Crippen molar-refractivity contribution < 1.29 is 9.90 Å². The molecule has 2 heteroatoms. The molecule has 21 heavy (non-hydrogen) atoms. The smallest absolute Gasteiger partial charge is 0.163 e. The molecule has 0 fully saturated rings. The van der Waals surface area contributed by atoms with Crippen LogP contribution < -0.4 is 0 Å². The molecule has 0 radical (unpaired) electrons. The van der Waals surface area contributed by atoms with Crippen molar-refractivity contribution in [2.45, 2.75) is 78.1 Å². The number of benzene rings is 1. The van der Waals surface area contributed by atoms with Crippen LogP contribution in [0.15, 0.2) is 18.2 Å². The molecule has 0 amide bonds. The molecule has 118 valence electrons. The third-order valence-electron chi connectivity index (χ3n) is 4.11. The maximum absolute atomic E-state index is 12.1. The average Bonchev–Trinajstić information content (AvgIpc) is 2.48. The van der Waals surface area contributed by atoms with Crippen molar-refractivity contribution in [3.8, 4) is 5.75 Å². The van der Waals surface area contributed by atoms with Crippen LogP contribution in [0.25, 0.3) is 0 Å². The van der Waals surface area contributed by atoms with Gasteiger partial charge in [0.2, 0.25) is 0 Å². The summed E-state index contributed by atoms with van der Waals surface area (Å²) in [5.41, 5.74) is 1.38. The molecule has 1 aromatic carbocycles. The van der Waals surface area contributed by atoms with Crippen LogP contribution in [0.3, 0.4) is 0 Å². The second-order valence-electron chi connectivity index (χ2n) is 5.95. The number of carbonyl (C=O) groups excluding carboxylic acids is 1. The zero-order chi connectivity index (χ0) is 15.5. The summed E-state index contributed by atoms with van der Waals surface area (Å²) < 4.78 is 0. The highest BCUT2D eigenvalue weighted by atomic mass is 16.3. The molecule has 0 heterocycles. The number of carbonyl (C=O) groups is 1. The minimum absolute atomic E-state index is 0.159. The van der Waals surface area contributed by atoms with Gasteiger partial charge in [0.25, 0.3) is 0 Å². The van der Waals surface area contributed by atoms with Gasteiger partial charge in [0.15, 0.2) is 5.78 Å². The molecule has 1 N–H and O–H groups in total. The predicted octanol–water partition coefficient (Wildman–Crippen LogP) is 5.80. The van der Waals surface area contributed by atoms with Crippen molar-refractivity contribution in [1.82, 2.24) is 0 Å². The van der Waals surface area contributed by atoms with E-state index in [4.69, 9.17) is 0 Å². The number of rotatable bonds is 11. The fraction of sp³-hybridized carbons (Fsp3) is 0.632. The van der Waals surface area contributed by atoms with Crippen LogP contribution in [-0.2, 0) is 0 Å². The van der Waals surface area contributed by atoms with E-state index in [9.17, 15) is 9.90 Å². The summed E-state index contributed by atoms with van der Waals surface area (Å²) in [7, 11) is 0. The van der Waals surface area contributed by atoms with Crippen molar-refractivity contribution in [2.24, 2.45) is 0 Å². The Labute approximate surface area is 129 Å². The molecule has 0 bridgehead atoms. The number of phenols is 1. The molecule has 2 nitrogen and oxygen atoms in total. The summed E-state index contributed by atoms with van der Waals surface area (Å²) >= 11 is 0. The number of Topliss-reactive ketones (excluding diaryl/α,β-unsaturated/α-hetero) is 1. The Kier molecular flexibility index (Phi) is 8.80. The van der Waals surface area contributed by atoms with Gasteiger partial charge in [-0.05, 0) is 19.4 Å². The van der Waals surface area contributed by atoms with Gasteiger partial charge in [-0.3, -0.25) is 4.79 Å². The predicted molar refractivity (Wildman–Crippen MR) is 89.0 cm³/mol. The SMILES string of the molecule is CCCCCCCCCCCC(=O)c1cccc(O)c1C. The summed E-state index contributed by atoms with van der Waals surface area (Å²) in [6.45, 7) is 4.05.